The van der Waals surface area contributed by atoms with E-state index in [0.29, 0.717) is 42.3 Å². The number of benzene rings is 4. The number of nitrogens with zero attached hydrogens (tertiary/aromatic N) is 3. The van der Waals surface area contributed by atoms with Crippen LogP contribution in [0.15, 0.2) is 109 Å². The van der Waals surface area contributed by atoms with Crippen LogP contribution in [0.25, 0.3) is 11.1 Å². The van der Waals surface area contributed by atoms with Crippen LogP contribution in [-0.4, -0.2) is 62.6 Å². The van der Waals surface area contributed by atoms with E-state index < -0.39 is 0 Å². The zero-order chi connectivity index (χ0) is 33.6. The van der Waals surface area contributed by atoms with Crippen molar-refractivity contribution in [2.45, 2.75) is 19.3 Å². The smallest absolute Gasteiger partial charge is 0.258 e. The lowest BCUT2D eigenvalue weighted by atomic mass is 9.99. The molecule has 7 nitrogen and oxygen atoms in total. The van der Waals surface area contributed by atoms with Crippen LogP contribution in [0.2, 0.25) is 0 Å². The predicted octanol–water partition coefficient (Wildman–Crippen LogP) is 7.99. The van der Waals surface area contributed by atoms with Crippen LogP contribution < -0.4 is 19.9 Å². The summed E-state index contributed by atoms with van der Waals surface area (Å²) in [7, 11) is 0. The second kappa shape index (κ2) is 15.1. The summed E-state index contributed by atoms with van der Waals surface area (Å²) in [6.07, 6.45) is 2.98. The van der Waals surface area contributed by atoms with E-state index in [9.17, 15) is 14.0 Å². The van der Waals surface area contributed by atoms with Gasteiger partial charge < -0.3 is 19.9 Å². The van der Waals surface area contributed by atoms with E-state index in [-0.39, 0.29) is 17.6 Å². The van der Waals surface area contributed by atoms with Crippen LogP contribution in [0.4, 0.5) is 21.5 Å². The monoisotopic (exact) mass is 674 g/mol. The van der Waals surface area contributed by atoms with E-state index in [1.54, 1.807) is 29.5 Å². The van der Waals surface area contributed by atoms with Gasteiger partial charge in [-0.05, 0) is 90.4 Å². The zero-order valence-corrected chi connectivity index (χ0v) is 28.1. The fourth-order valence-electron chi connectivity index (χ4n) is 6.59. The Bertz CT molecular complexity index is 1900. The van der Waals surface area contributed by atoms with Gasteiger partial charge in [0, 0.05) is 61.0 Å². The topological polar surface area (TPSA) is 65.1 Å². The summed E-state index contributed by atoms with van der Waals surface area (Å²) in [5, 5.41) is 5.14. The van der Waals surface area contributed by atoms with Crippen molar-refractivity contribution in [3.05, 3.63) is 130 Å². The molecule has 3 heterocycles. The third-order valence-corrected chi connectivity index (χ3v) is 10.2. The predicted molar refractivity (Wildman–Crippen MR) is 196 cm³/mol. The van der Waals surface area contributed by atoms with Crippen molar-refractivity contribution in [2.75, 3.05) is 61.0 Å². The maximum Gasteiger partial charge on any atom is 0.258 e. The SMILES string of the molecule is O=C(Nc1ccc(C(=O)N2CCCCc3sccc32)cc1OCCN1CCN(c2ccc(F)cc2)CC1)c1ccccc1-c1ccccc1. The molecule has 0 aliphatic carbocycles. The molecule has 1 aromatic heterocycles. The molecular weight excluding hydrogens is 636 g/mol. The van der Waals surface area contributed by atoms with Gasteiger partial charge in [0.15, 0.2) is 0 Å². The molecule has 2 aliphatic rings. The molecule has 49 heavy (non-hydrogen) atoms. The highest BCUT2D eigenvalue weighted by molar-refractivity contribution is 7.10. The fraction of sp³-hybridized carbons (Fsp3) is 0.250. The number of amides is 2. The number of carbonyl (C=O) groups excluding carboxylic acids is 2. The normalized spacial score (nSPS) is 15.0. The van der Waals surface area contributed by atoms with Gasteiger partial charge in [0.25, 0.3) is 11.8 Å². The van der Waals surface area contributed by atoms with Crippen LogP contribution in [0.3, 0.4) is 0 Å². The van der Waals surface area contributed by atoms with Gasteiger partial charge >= 0.3 is 0 Å². The molecule has 9 heteroatoms. The molecule has 0 bridgehead atoms. The molecular formula is C40H39FN4O3S. The van der Waals surface area contributed by atoms with E-state index in [0.717, 1.165) is 67.9 Å². The first-order valence-corrected chi connectivity index (χ1v) is 17.8. The molecule has 1 N–H and O–H groups in total. The highest BCUT2D eigenvalue weighted by Crippen LogP contribution is 2.34. The minimum Gasteiger partial charge on any atom is -0.490 e. The molecule has 0 radical (unpaired) electrons. The summed E-state index contributed by atoms with van der Waals surface area (Å²) in [6.45, 7) is 5.09. The average Bonchev–Trinajstić information content (AvgIpc) is 3.51. The molecule has 1 saturated heterocycles. The standard InChI is InChI=1S/C40H39FN4O3S/c41-31-14-16-32(17-15-31)44-23-21-43(22-24-44)25-26-48-37-28-30(40(47)45-20-7-6-12-38-36(45)19-27-49-38)13-18-35(37)42-39(46)34-11-5-4-10-33(34)29-8-2-1-3-9-29/h1-5,8-11,13-19,27-28H,6-7,12,20-26H2,(H,42,46). The van der Waals surface area contributed by atoms with Gasteiger partial charge in [0.2, 0.25) is 0 Å². The van der Waals surface area contributed by atoms with E-state index in [4.69, 9.17) is 4.74 Å². The highest BCUT2D eigenvalue weighted by Gasteiger charge is 2.25. The Morgan fingerprint density at radius 1 is 0.816 bits per heavy atom. The largest absolute Gasteiger partial charge is 0.490 e. The molecule has 2 aliphatic heterocycles. The minimum atomic E-state index is -0.254. The zero-order valence-electron chi connectivity index (χ0n) is 27.3. The molecule has 0 atom stereocenters. The molecule has 0 saturated carbocycles. The summed E-state index contributed by atoms with van der Waals surface area (Å²) in [5.41, 5.74) is 5.38. The summed E-state index contributed by atoms with van der Waals surface area (Å²) in [6, 6.07) is 31.4. The first-order chi connectivity index (χ1) is 24.0. The number of piperazine rings is 1. The number of nitrogens with one attached hydrogen (secondary N) is 1. The van der Waals surface area contributed by atoms with Gasteiger partial charge in [-0.15, -0.1) is 11.3 Å². The maximum atomic E-state index is 14.0. The van der Waals surface area contributed by atoms with Crippen LogP contribution >= 0.6 is 11.3 Å². The second-order valence-electron chi connectivity index (χ2n) is 12.4. The van der Waals surface area contributed by atoms with Gasteiger partial charge in [-0.3, -0.25) is 14.5 Å². The van der Waals surface area contributed by atoms with Crippen molar-refractivity contribution in [2.24, 2.45) is 0 Å². The van der Waals surface area contributed by atoms with Crippen molar-refractivity contribution in [3.8, 4) is 16.9 Å². The van der Waals surface area contributed by atoms with Gasteiger partial charge in [-0.2, -0.15) is 0 Å². The molecule has 250 valence electrons. The molecule has 1 fully saturated rings. The van der Waals surface area contributed by atoms with Crippen molar-refractivity contribution in [1.29, 1.82) is 0 Å². The first kappa shape index (κ1) is 32.6. The number of aryl methyl sites for hydroxylation is 1. The lowest BCUT2D eigenvalue weighted by molar-refractivity contribution is 0.0985. The van der Waals surface area contributed by atoms with Gasteiger partial charge in [0.05, 0.1) is 11.4 Å². The Balaban J connectivity index is 1.09. The van der Waals surface area contributed by atoms with E-state index in [1.807, 2.05) is 77.7 Å². The average molecular weight is 675 g/mol. The third-order valence-electron chi connectivity index (χ3n) is 9.26. The number of ether oxygens (including phenoxy) is 1. The maximum absolute atomic E-state index is 14.0. The van der Waals surface area contributed by atoms with Crippen LogP contribution in [0.1, 0.15) is 38.4 Å². The Hall–Kier alpha value is -4.99. The Morgan fingerprint density at radius 2 is 1.59 bits per heavy atom. The second-order valence-corrected chi connectivity index (χ2v) is 13.4. The number of carbonyl (C=O) groups is 2. The third kappa shape index (κ3) is 7.53. The number of halogens is 1. The van der Waals surface area contributed by atoms with Crippen molar-refractivity contribution in [1.82, 2.24) is 4.90 Å². The number of hydrogen-bond donors (Lipinski definition) is 1. The molecule has 0 unspecified atom stereocenters. The number of anilines is 3. The summed E-state index contributed by atoms with van der Waals surface area (Å²) in [5.74, 6) is -0.100. The molecule has 7 rings (SSSR count). The summed E-state index contributed by atoms with van der Waals surface area (Å²) >= 11 is 1.70. The Morgan fingerprint density at radius 3 is 2.41 bits per heavy atom. The van der Waals surface area contributed by atoms with Crippen LogP contribution in [-0.2, 0) is 6.42 Å². The van der Waals surface area contributed by atoms with Crippen LogP contribution in [0, 0.1) is 5.82 Å². The number of hydrogen-bond acceptors (Lipinski definition) is 6. The lowest BCUT2D eigenvalue weighted by Gasteiger charge is -2.36. The fourth-order valence-corrected chi connectivity index (χ4v) is 7.51. The minimum absolute atomic E-state index is 0.0735. The lowest BCUT2D eigenvalue weighted by Crippen LogP contribution is -2.47. The number of fused-ring (bicyclic) bond motifs is 1. The molecule has 4 aromatic carbocycles. The Kier molecular flexibility index (Phi) is 10.0. The van der Waals surface area contributed by atoms with Crippen molar-refractivity contribution < 1.29 is 18.7 Å². The van der Waals surface area contributed by atoms with E-state index >= 15 is 0 Å². The summed E-state index contributed by atoms with van der Waals surface area (Å²) in [4.78, 5) is 35.5. The quantitative estimate of drug-likeness (QED) is 0.172. The Labute approximate surface area is 290 Å². The number of rotatable bonds is 9. The van der Waals surface area contributed by atoms with Crippen molar-refractivity contribution in [3.63, 3.8) is 0 Å². The van der Waals surface area contributed by atoms with Gasteiger partial charge in [0.1, 0.15) is 18.2 Å². The first-order valence-electron chi connectivity index (χ1n) is 16.9. The highest BCUT2D eigenvalue weighted by atomic mass is 32.1. The van der Waals surface area contributed by atoms with E-state index in [1.165, 1.54) is 17.0 Å². The van der Waals surface area contributed by atoms with Crippen molar-refractivity contribution >= 4 is 40.2 Å². The molecule has 5 aromatic rings. The van der Waals surface area contributed by atoms with E-state index in [2.05, 4.69) is 20.5 Å². The number of thiophene rings is 1. The van der Waals surface area contributed by atoms with Crippen LogP contribution in [0.5, 0.6) is 5.75 Å². The van der Waals surface area contributed by atoms with Gasteiger partial charge in [-0.1, -0.05) is 48.5 Å². The molecule has 0 spiro atoms. The van der Waals surface area contributed by atoms with Gasteiger partial charge in [-0.25, -0.2) is 4.39 Å². The molecule has 2 amide bonds. The summed E-state index contributed by atoms with van der Waals surface area (Å²) < 4.78 is 19.8.